The van der Waals surface area contributed by atoms with E-state index in [0.717, 1.165) is 67.4 Å². The minimum Gasteiger partial charge on any atom is -0.497 e. The van der Waals surface area contributed by atoms with Gasteiger partial charge in [-0.3, -0.25) is 4.79 Å². The topological polar surface area (TPSA) is 71.9 Å². The largest absolute Gasteiger partial charge is 0.497 e. The Labute approximate surface area is 212 Å². The second-order valence-electron chi connectivity index (χ2n) is 11.0. The standard InChI is InChI=1S/C28H38N2O4S/c1-17(27(32)30-13-5-6-14-30)21-11-12-28(3)15-22-25(18(2)24(28)26(21)31)29-23(35-22)16-34-20-9-7-19(33-4)8-10-20/h7-10,17-18,21,24,26,31H,5-6,11-16H2,1-4H3/t17-,18-,21?,24+,26-,28-/m0/s1. The lowest BCUT2D eigenvalue weighted by Gasteiger charge is -2.53. The van der Waals surface area contributed by atoms with Gasteiger partial charge in [-0.1, -0.05) is 20.8 Å². The van der Waals surface area contributed by atoms with Gasteiger partial charge in [-0.2, -0.15) is 0 Å². The van der Waals surface area contributed by atoms with E-state index >= 15 is 0 Å². The Morgan fingerprint density at radius 2 is 1.94 bits per heavy atom. The molecular formula is C28H38N2O4S. The molecule has 3 aliphatic rings. The highest BCUT2D eigenvalue weighted by Crippen LogP contribution is 2.57. The Hall–Kier alpha value is -2.12. The van der Waals surface area contributed by atoms with Gasteiger partial charge in [0.2, 0.25) is 5.91 Å². The number of methoxy groups -OCH3 is 1. The first-order valence-electron chi connectivity index (χ1n) is 13.0. The van der Waals surface area contributed by atoms with Crippen molar-refractivity contribution in [2.24, 2.45) is 23.2 Å². The van der Waals surface area contributed by atoms with Gasteiger partial charge in [-0.25, -0.2) is 4.98 Å². The van der Waals surface area contributed by atoms with Crippen molar-refractivity contribution in [3.63, 3.8) is 0 Å². The van der Waals surface area contributed by atoms with E-state index in [-0.39, 0.29) is 35.0 Å². The van der Waals surface area contributed by atoms with Crippen LogP contribution in [-0.2, 0) is 17.8 Å². The fourth-order valence-electron chi connectivity index (χ4n) is 6.88. The summed E-state index contributed by atoms with van der Waals surface area (Å²) in [5, 5.41) is 12.6. The molecule has 6 atom stereocenters. The SMILES string of the molecule is COc1ccc(OCc2nc3c(s2)C[C@]2(C)CCC([C@H](C)C(=O)N4CCCC4)[C@H](O)[C@H]2[C@@H]3C)cc1. The van der Waals surface area contributed by atoms with E-state index in [4.69, 9.17) is 14.5 Å². The first-order valence-corrected chi connectivity index (χ1v) is 13.8. The summed E-state index contributed by atoms with van der Waals surface area (Å²) in [7, 11) is 1.65. The van der Waals surface area contributed by atoms with Crippen LogP contribution in [0, 0.1) is 23.2 Å². The molecule has 1 saturated heterocycles. The molecule has 2 aliphatic carbocycles. The quantitative estimate of drug-likeness (QED) is 0.604. The number of likely N-dealkylation sites (tertiary alicyclic amines) is 1. The highest BCUT2D eigenvalue weighted by molar-refractivity contribution is 7.11. The molecule has 1 aromatic heterocycles. The Kier molecular flexibility index (Phi) is 6.83. The Balaban J connectivity index is 1.30. The smallest absolute Gasteiger partial charge is 0.225 e. The number of benzene rings is 1. The fourth-order valence-corrected chi connectivity index (χ4v) is 8.17. The van der Waals surface area contributed by atoms with Crippen LogP contribution in [0.1, 0.15) is 68.0 Å². The van der Waals surface area contributed by atoms with Gasteiger partial charge >= 0.3 is 0 Å². The minimum absolute atomic E-state index is 0.0155. The van der Waals surface area contributed by atoms with Crippen molar-refractivity contribution in [1.29, 1.82) is 0 Å². The number of carbonyl (C=O) groups excluding carboxylic acids is 1. The van der Waals surface area contributed by atoms with Gasteiger partial charge in [0.1, 0.15) is 23.1 Å². The summed E-state index contributed by atoms with van der Waals surface area (Å²) in [5.41, 5.74) is 1.14. The number of aromatic nitrogens is 1. The minimum atomic E-state index is -0.487. The van der Waals surface area contributed by atoms with Gasteiger partial charge in [0.15, 0.2) is 0 Å². The van der Waals surface area contributed by atoms with Crippen molar-refractivity contribution >= 4 is 17.2 Å². The van der Waals surface area contributed by atoms with E-state index in [2.05, 4.69) is 13.8 Å². The van der Waals surface area contributed by atoms with Crippen molar-refractivity contribution in [1.82, 2.24) is 9.88 Å². The molecule has 1 aromatic carbocycles. The average Bonchev–Trinajstić information content (AvgIpc) is 3.52. The molecule has 2 heterocycles. The number of carbonyl (C=O) groups is 1. The number of nitrogens with zero attached hydrogens (tertiary/aromatic N) is 2. The molecule has 0 radical (unpaired) electrons. The zero-order valence-corrected chi connectivity index (χ0v) is 22.1. The molecule has 5 rings (SSSR count). The lowest BCUT2D eigenvalue weighted by atomic mass is 9.53. The summed E-state index contributed by atoms with van der Waals surface area (Å²) >= 11 is 1.75. The molecule has 2 fully saturated rings. The Bertz CT molecular complexity index is 1050. The number of hydrogen-bond acceptors (Lipinski definition) is 6. The number of ether oxygens (including phenoxy) is 2. The van der Waals surface area contributed by atoms with Gasteiger partial charge in [0.05, 0.1) is 18.9 Å². The van der Waals surface area contributed by atoms with Gasteiger partial charge in [0, 0.05) is 29.8 Å². The highest BCUT2D eigenvalue weighted by Gasteiger charge is 2.54. The van der Waals surface area contributed by atoms with Gasteiger partial charge in [0.25, 0.3) is 0 Å². The van der Waals surface area contributed by atoms with E-state index in [0.29, 0.717) is 6.61 Å². The molecule has 190 valence electrons. The third-order valence-corrected chi connectivity index (χ3v) is 9.88. The van der Waals surface area contributed by atoms with Crippen molar-refractivity contribution in [2.75, 3.05) is 20.2 Å². The maximum Gasteiger partial charge on any atom is 0.225 e. The summed E-state index contributed by atoms with van der Waals surface area (Å²) < 4.78 is 11.2. The molecule has 35 heavy (non-hydrogen) atoms. The summed E-state index contributed by atoms with van der Waals surface area (Å²) in [6.07, 6.45) is 4.59. The van der Waals surface area contributed by atoms with E-state index in [1.807, 2.05) is 36.1 Å². The molecule has 2 aromatic rings. The molecule has 7 heteroatoms. The van der Waals surface area contributed by atoms with Gasteiger partial charge < -0.3 is 19.5 Å². The summed E-state index contributed by atoms with van der Waals surface area (Å²) in [5.74, 6) is 1.97. The first kappa shape index (κ1) is 24.6. The van der Waals surface area contributed by atoms with Gasteiger partial charge in [-0.15, -0.1) is 11.3 Å². The zero-order chi connectivity index (χ0) is 24.7. The molecule has 0 spiro atoms. The number of amides is 1. The second kappa shape index (κ2) is 9.74. The van der Waals surface area contributed by atoms with Crippen LogP contribution >= 0.6 is 11.3 Å². The third-order valence-electron chi connectivity index (χ3n) is 8.84. The molecule has 6 nitrogen and oxygen atoms in total. The fraction of sp³-hybridized carbons (Fsp3) is 0.643. The molecule has 1 saturated carbocycles. The van der Waals surface area contributed by atoms with Crippen molar-refractivity contribution in [3.8, 4) is 11.5 Å². The van der Waals surface area contributed by atoms with Crippen molar-refractivity contribution < 1.29 is 19.4 Å². The van der Waals surface area contributed by atoms with Crippen LogP contribution in [0.25, 0.3) is 0 Å². The Morgan fingerprint density at radius 3 is 2.63 bits per heavy atom. The normalized spacial score (nSPS) is 30.9. The average molecular weight is 499 g/mol. The number of hydrogen-bond donors (Lipinski definition) is 1. The first-order chi connectivity index (χ1) is 16.8. The molecule has 1 amide bonds. The predicted molar refractivity (Wildman–Crippen MR) is 137 cm³/mol. The number of aliphatic hydroxyl groups excluding tert-OH is 1. The monoisotopic (exact) mass is 498 g/mol. The van der Waals surface area contributed by atoms with E-state index in [9.17, 15) is 9.90 Å². The third kappa shape index (κ3) is 4.57. The number of aliphatic hydroxyl groups is 1. The summed E-state index contributed by atoms with van der Waals surface area (Å²) in [6.45, 7) is 8.75. The summed E-state index contributed by atoms with van der Waals surface area (Å²) in [6, 6.07) is 7.60. The Morgan fingerprint density at radius 1 is 1.26 bits per heavy atom. The lowest BCUT2D eigenvalue weighted by Crippen LogP contribution is -2.53. The maximum atomic E-state index is 13.1. The summed E-state index contributed by atoms with van der Waals surface area (Å²) in [4.78, 5) is 21.4. The maximum absolute atomic E-state index is 13.1. The molecule has 0 bridgehead atoms. The van der Waals surface area contributed by atoms with Crippen LogP contribution in [0.5, 0.6) is 11.5 Å². The van der Waals surface area contributed by atoms with Crippen molar-refractivity contribution in [2.45, 2.75) is 71.5 Å². The van der Waals surface area contributed by atoms with Crippen molar-refractivity contribution in [3.05, 3.63) is 39.8 Å². The van der Waals surface area contributed by atoms with Crippen LogP contribution in [0.4, 0.5) is 0 Å². The molecule has 1 N–H and O–H groups in total. The molecule has 1 aliphatic heterocycles. The van der Waals surface area contributed by atoms with Crippen LogP contribution in [-0.4, -0.2) is 47.2 Å². The van der Waals surface area contributed by atoms with Crippen LogP contribution < -0.4 is 9.47 Å². The molecule has 1 unspecified atom stereocenters. The number of thiazole rings is 1. The number of fused-ring (bicyclic) bond motifs is 2. The predicted octanol–water partition coefficient (Wildman–Crippen LogP) is 5.04. The zero-order valence-electron chi connectivity index (χ0n) is 21.3. The van der Waals surface area contributed by atoms with Gasteiger partial charge in [-0.05, 0) is 73.6 Å². The van der Waals surface area contributed by atoms with E-state index < -0.39 is 6.10 Å². The second-order valence-corrected chi connectivity index (χ2v) is 12.2. The lowest BCUT2D eigenvalue weighted by molar-refractivity contribution is -0.143. The molecular weight excluding hydrogens is 460 g/mol. The highest BCUT2D eigenvalue weighted by atomic mass is 32.1. The number of rotatable bonds is 6. The van der Waals surface area contributed by atoms with Crippen LogP contribution in [0.3, 0.4) is 0 Å². The van der Waals surface area contributed by atoms with E-state index in [1.165, 1.54) is 4.88 Å². The van der Waals surface area contributed by atoms with Crippen LogP contribution in [0.15, 0.2) is 24.3 Å². The van der Waals surface area contributed by atoms with E-state index in [1.54, 1.807) is 18.4 Å². The van der Waals surface area contributed by atoms with Crippen LogP contribution in [0.2, 0.25) is 0 Å².